The van der Waals surface area contributed by atoms with Crippen LogP contribution in [0.15, 0.2) is 24.3 Å². The van der Waals surface area contributed by atoms with Gasteiger partial charge in [0.25, 0.3) is 0 Å². The number of hydrogen-bond acceptors (Lipinski definition) is 20. The van der Waals surface area contributed by atoms with E-state index in [1.54, 1.807) is 13.8 Å². The van der Waals surface area contributed by atoms with Gasteiger partial charge in [-0.15, -0.1) is 0 Å². The van der Waals surface area contributed by atoms with Gasteiger partial charge in [-0.2, -0.15) is 0 Å². The third-order valence-corrected chi connectivity index (χ3v) is 6.54. The number of aliphatic hydroxyl groups is 4. The second-order valence-corrected chi connectivity index (χ2v) is 12.8. The summed E-state index contributed by atoms with van der Waals surface area (Å²) in [6, 6.07) is 0. The average molecular weight is 941 g/mol. The van der Waals surface area contributed by atoms with Crippen molar-refractivity contribution in [3.05, 3.63) is 24.3 Å². The van der Waals surface area contributed by atoms with Crippen molar-refractivity contribution in [1.29, 1.82) is 0 Å². The summed E-state index contributed by atoms with van der Waals surface area (Å²) < 4.78 is 74.7. The van der Waals surface area contributed by atoms with Gasteiger partial charge < -0.3 is 97.0 Å². The Bertz CT molecular complexity index is 872. The van der Waals surface area contributed by atoms with Crippen LogP contribution in [0.2, 0.25) is 0 Å². The van der Waals surface area contributed by atoms with Crippen LogP contribution in [-0.2, 0) is 75.9 Å². The Morgan fingerprint density at radius 3 is 0.656 bits per heavy atom. The SMILES string of the molecule is C=C(C)C(=O)O.C=C(C)C(=O)O.CC(O)COC(C)CO.OCCOCCOCCOCCOCCOCCOCCOCCOCCOCCOCCOCCOCCOCCO. The summed E-state index contributed by atoms with van der Waals surface area (Å²) >= 11 is 0. The molecule has 384 valence electrons. The quantitative estimate of drug-likeness (QED) is 0.0352. The Morgan fingerprint density at radius 1 is 0.391 bits per heavy atom. The molecule has 0 heterocycles. The maximum absolute atomic E-state index is 9.60. The maximum atomic E-state index is 9.60. The Labute approximate surface area is 380 Å². The van der Waals surface area contributed by atoms with Crippen LogP contribution >= 0.6 is 0 Å². The molecular formula is C42H84O22. The lowest BCUT2D eigenvalue weighted by molar-refractivity contribution is -0.133. The van der Waals surface area contributed by atoms with Crippen LogP contribution in [0, 0.1) is 0 Å². The van der Waals surface area contributed by atoms with Gasteiger partial charge >= 0.3 is 11.9 Å². The second-order valence-electron chi connectivity index (χ2n) is 12.8. The van der Waals surface area contributed by atoms with Crippen molar-refractivity contribution in [2.75, 3.05) is 198 Å². The minimum Gasteiger partial charge on any atom is -0.478 e. The van der Waals surface area contributed by atoms with E-state index in [1.807, 2.05) is 0 Å². The third kappa shape index (κ3) is 74.1. The number of ether oxygens (including phenoxy) is 14. The molecule has 0 aliphatic carbocycles. The van der Waals surface area contributed by atoms with Crippen molar-refractivity contribution in [2.24, 2.45) is 0 Å². The second kappa shape index (κ2) is 60.7. The molecule has 22 heteroatoms. The van der Waals surface area contributed by atoms with Gasteiger partial charge in [0.2, 0.25) is 0 Å². The normalized spacial score (nSPS) is 11.6. The van der Waals surface area contributed by atoms with E-state index in [-0.39, 0.29) is 37.1 Å². The lowest BCUT2D eigenvalue weighted by Crippen LogP contribution is -2.19. The topological polar surface area (TPSA) is 285 Å². The lowest BCUT2D eigenvalue weighted by atomic mass is 10.4. The van der Waals surface area contributed by atoms with Crippen LogP contribution in [0.25, 0.3) is 0 Å². The first kappa shape index (κ1) is 68.3. The molecule has 0 aromatic heterocycles. The molecule has 0 bridgehead atoms. The first-order valence-electron chi connectivity index (χ1n) is 21.3. The largest absolute Gasteiger partial charge is 0.478 e. The van der Waals surface area contributed by atoms with E-state index in [9.17, 15) is 9.59 Å². The van der Waals surface area contributed by atoms with Crippen LogP contribution in [-0.4, -0.2) is 253 Å². The van der Waals surface area contributed by atoms with E-state index in [1.165, 1.54) is 13.8 Å². The highest BCUT2D eigenvalue weighted by Gasteiger charge is 2.01. The number of hydrogen-bond donors (Lipinski definition) is 6. The van der Waals surface area contributed by atoms with E-state index in [4.69, 9.17) is 97.0 Å². The van der Waals surface area contributed by atoms with Crippen LogP contribution in [0.5, 0.6) is 0 Å². The third-order valence-electron chi connectivity index (χ3n) is 6.54. The van der Waals surface area contributed by atoms with Crippen LogP contribution in [0.3, 0.4) is 0 Å². The highest BCUT2D eigenvalue weighted by Crippen LogP contribution is 1.91. The highest BCUT2D eigenvalue weighted by atomic mass is 16.6. The van der Waals surface area contributed by atoms with Crippen LogP contribution in [0.4, 0.5) is 0 Å². The van der Waals surface area contributed by atoms with Gasteiger partial charge in [0, 0.05) is 11.1 Å². The van der Waals surface area contributed by atoms with Crippen molar-refractivity contribution in [3.63, 3.8) is 0 Å². The minimum absolute atomic E-state index is 0.00667. The van der Waals surface area contributed by atoms with Gasteiger partial charge in [0.15, 0.2) is 0 Å². The summed E-state index contributed by atoms with van der Waals surface area (Å²) in [5.74, 6) is -1.87. The standard InChI is InChI=1S/C28H58O15.C6H14O3.2C4H6O2/c29-1-3-31-5-7-33-9-11-35-13-15-37-17-19-39-21-23-41-25-27-43-28-26-42-24-22-40-20-18-38-16-14-36-12-10-34-8-6-32-4-2-30;1-5(8)4-9-6(2)3-7;2*1-3(2)4(5)6/h29-30H,1-28H2;5-8H,3-4H2,1-2H3;2*1H2,2H3,(H,5,6). The maximum Gasteiger partial charge on any atom is 0.330 e. The van der Waals surface area contributed by atoms with E-state index < -0.39 is 18.0 Å². The van der Waals surface area contributed by atoms with Gasteiger partial charge in [0.1, 0.15) is 0 Å². The summed E-state index contributed by atoms with van der Waals surface area (Å²) in [6.45, 7) is 25.6. The summed E-state index contributed by atoms with van der Waals surface area (Å²) in [7, 11) is 0. The Morgan fingerprint density at radius 2 is 0.547 bits per heavy atom. The van der Waals surface area contributed by atoms with Gasteiger partial charge in [-0.3, -0.25) is 0 Å². The number of rotatable bonds is 46. The summed E-state index contributed by atoms with van der Waals surface area (Å²) in [5, 5.41) is 50.1. The molecule has 0 aliphatic heterocycles. The average Bonchev–Trinajstić information content (AvgIpc) is 3.26. The van der Waals surface area contributed by atoms with E-state index in [0.29, 0.717) is 178 Å². The van der Waals surface area contributed by atoms with Crippen molar-refractivity contribution in [2.45, 2.75) is 39.9 Å². The first-order chi connectivity index (χ1) is 30.9. The fraction of sp³-hybridized carbons (Fsp3) is 0.857. The minimum atomic E-state index is -0.935. The zero-order chi connectivity index (χ0) is 48.6. The predicted octanol–water partition coefficient (Wildman–Crippen LogP) is 0.246. The van der Waals surface area contributed by atoms with E-state index >= 15 is 0 Å². The van der Waals surface area contributed by atoms with Crippen molar-refractivity contribution in [3.8, 4) is 0 Å². The fourth-order valence-electron chi connectivity index (χ4n) is 3.23. The Kier molecular flexibility index (Phi) is 64.8. The molecule has 0 spiro atoms. The summed E-state index contributed by atoms with van der Waals surface area (Å²) in [4.78, 5) is 19.2. The molecule has 22 nitrogen and oxygen atoms in total. The molecule has 64 heavy (non-hydrogen) atoms. The molecule has 2 unspecified atom stereocenters. The number of aliphatic carboxylic acids is 2. The molecule has 0 aromatic rings. The molecule has 0 rings (SSSR count). The summed E-state index contributed by atoms with van der Waals surface area (Å²) in [5.41, 5.74) is 0.352. The highest BCUT2D eigenvalue weighted by molar-refractivity contribution is 5.85. The monoisotopic (exact) mass is 941 g/mol. The number of carbonyl (C=O) groups is 2. The van der Waals surface area contributed by atoms with Crippen LogP contribution < -0.4 is 0 Å². The zero-order valence-electron chi connectivity index (χ0n) is 39.0. The van der Waals surface area contributed by atoms with Crippen LogP contribution in [0.1, 0.15) is 27.7 Å². The molecule has 0 saturated carbocycles. The van der Waals surface area contributed by atoms with E-state index in [0.717, 1.165) is 0 Å². The number of carboxylic acid groups (broad SMARTS) is 2. The molecule has 0 amide bonds. The molecule has 0 aliphatic rings. The molecule has 0 fully saturated rings. The number of aliphatic hydroxyl groups excluding tert-OH is 4. The molecular weight excluding hydrogens is 856 g/mol. The molecule has 0 aromatic carbocycles. The Balaban J connectivity index is -0.000000695. The molecule has 0 saturated heterocycles. The molecule has 6 N–H and O–H groups in total. The fourth-order valence-corrected chi connectivity index (χ4v) is 3.23. The van der Waals surface area contributed by atoms with Crippen molar-refractivity contribution >= 4 is 11.9 Å². The van der Waals surface area contributed by atoms with Gasteiger partial charge in [0.05, 0.1) is 210 Å². The van der Waals surface area contributed by atoms with E-state index in [2.05, 4.69) is 13.2 Å². The van der Waals surface area contributed by atoms with Gasteiger partial charge in [-0.05, 0) is 27.7 Å². The van der Waals surface area contributed by atoms with Gasteiger partial charge in [-0.25, -0.2) is 9.59 Å². The lowest BCUT2D eigenvalue weighted by Gasteiger charge is -2.10. The Hall–Kier alpha value is -2.30. The zero-order valence-corrected chi connectivity index (χ0v) is 39.0. The summed E-state index contributed by atoms with van der Waals surface area (Å²) in [6.07, 6.45) is -0.612. The molecule has 2 atom stereocenters. The van der Waals surface area contributed by atoms with Crippen molar-refractivity contribution in [1.82, 2.24) is 0 Å². The smallest absolute Gasteiger partial charge is 0.330 e. The van der Waals surface area contributed by atoms with Crippen molar-refractivity contribution < 1.29 is 107 Å². The molecule has 0 radical (unpaired) electrons. The predicted molar refractivity (Wildman–Crippen MR) is 234 cm³/mol. The van der Waals surface area contributed by atoms with Gasteiger partial charge in [-0.1, -0.05) is 13.2 Å². The number of carboxylic acids is 2. The first-order valence-corrected chi connectivity index (χ1v) is 21.3.